The first-order valence-electron chi connectivity index (χ1n) is 11.3. The van der Waals surface area contributed by atoms with Gasteiger partial charge in [-0.25, -0.2) is 4.39 Å². The fourth-order valence-electron chi connectivity index (χ4n) is 4.95. The molecule has 3 aromatic carbocycles. The Morgan fingerprint density at radius 3 is 2.50 bits per heavy atom. The van der Waals surface area contributed by atoms with Crippen molar-refractivity contribution in [2.45, 2.75) is 38.0 Å². The van der Waals surface area contributed by atoms with Crippen LogP contribution in [-0.2, 0) is 13.0 Å². The Labute approximate surface area is 188 Å². The van der Waals surface area contributed by atoms with Gasteiger partial charge in [0.05, 0.1) is 6.04 Å². The second kappa shape index (κ2) is 8.83. The minimum atomic E-state index is -0.217. The predicted molar refractivity (Wildman–Crippen MR) is 125 cm³/mol. The molecule has 5 rings (SSSR count). The Kier molecular flexibility index (Phi) is 5.75. The quantitative estimate of drug-likeness (QED) is 0.593. The van der Waals surface area contributed by atoms with Crippen molar-refractivity contribution in [3.8, 4) is 11.5 Å². The van der Waals surface area contributed by atoms with Gasteiger partial charge in [-0.15, -0.1) is 0 Å². The number of phenols is 1. The molecule has 1 fully saturated rings. The Morgan fingerprint density at radius 1 is 1.00 bits per heavy atom. The zero-order valence-corrected chi connectivity index (χ0v) is 18.4. The maximum atomic E-state index is 13.5. The number of phenolic OH excluding ortho intramolecular Hbond substituents is 1. The van der Waals surface area contributed by atoms with Crippen molar-refractivity contribution < 1.29 is 14.2 Å². The van der Waals surface area contributed by atoms with Crippen molar-refractivity contribution in [1.82, 2.24) is 4.90 Å². The average molecular weight is 433 g/mol. The smallest absolute Gasteiger partial charge is 0.123 e. The number of rotatable bonds is 5. The zero-order chi connectivity index (χ0) is 22.1. The standard InChI is InChI=1S/C27H29FN2O2/c1-29-15-14-25(18-29)32-24-10-2-19(3-11-24)17-30-26(20-4-7-22(28)8-5-20)12-6-21-16-23(31)9-13-27(21)30/h2-5,7-11,13,16,25-26,31H,6,12,14-15,17-18H2,1H3. The number of halogens is 1. The number of likely N-dealkylation sites (tertiary alicyclic amines) is 1. The Hall–Kier alpha value is -3.05. The van der Waals surface area contributed by atoms with Gasteiger partial charge in [-0.05, 0) is 85.5 Å². The summed E-state index contributed by atoms with van der Waals surface area (Å²) in [5.41, 5.74) is 4.57. The molecule has 5 heteroatoms. The van der Waals surface area contributed by atoms with E-state index in [-0.39, 0.29) is 18.0 Å². The van der Waals surface area contributed by atoms with Gasteiger partial charge in [0.15, 0.2) is 0 Å². The lowest BCUT2D eigenvalue weighted by Crippen LogP contribution is -2.32. The van der Waals surface area contributed by atoms with Crippen LogP contribution in [-0.4, -0.2) is 36.2 Å². The molecule has 3 aromatic rings. The molecular formula is C27H29FN2O2. The monoisotopic (exact) mass is 432 g/mol. The molecular weight excluding hydrogens is 403 g/mol. The molecule has 2 aliphatic heterocycles. The third-order valence-corrected chi connectivity index (χ3v) is 6.62. The number of benzene rings is 3. The van der Waals surface area contributed by atoms with Crippen molar-refractivity contribution in [1.29, 1.82) is 0 Å². The summed E-state index contributed by atoms with van der Waals surface area (Å²) in [5.74, 6) is 0.988. The Balaban J connectivity index is 1.39. The fourth-order valence-corrected chi connectivity index (χ4v) is 4.95. The highest BCUT2D eigenvalue weighted by atomic mass is 19.1. The molecule has 2 unspecified atom stereocenters. The summed E-state index contributed by atoms with van der Waals surface area (Å²) in [6, 6.07) is 21.0. The summed E-state index contributed by atoms with van der Waals surface area (Å²) in [6.07, 6.45) is 3.12. The van der Waals surface area contributed by atoms with Crippen LogP contribution in [0.5, 0.6) is 11.5 Å². The molecule has 2 aliphatic rings. The van der Waals surface area contributed by atoms with Crippen LogP contribution in [0.2, 0.25) is 0 Å². The lowest BCUT2D eigenvalue weighted by Gasteiger charge is -2.39. The van der Waals surface area contributed by atoms with Crippen LogP contribution in [0.3, 0.4) is 0 Å². The summed E-state index contributed by atoms with van der Waals surface area (Å²) in [7, 11) is 2.13. The first kappa shape index (κ1) is 20.8. The Morgan fingerprint density at radius 2 is 1.78 bits per heavy atom. The van der Waals surface area contributed by atoms with Gasteiger partial charge in [-0.1, -0.05) is 24.3 Å². The van der Waals surface area contributed by atoms with Crippen LogP contribution >= 0.6 is 0 Å². The van der Waals surface area contributed by atoms with Crippen molar-refractivity contribution in [3.05, 3.63) is 89.2 Å². The third kappa shape index (κ3) is 4.44. The number of aryl methyl sites for hydroxylation is 1. The summed E-state index contributed by atoms with van der Waals surface area (Å²) in [4.78, 5) is 4.66. The van der Waals surface area contributed by atoms with E-state index in [2.05, 4.69) is 41.1 Å². The van der Waals surface area contributed by atoms with E-state index in [0.29, 0.717) is 5.75 Å². The van der Waals surface area contributed by atoms with E-state index in [9.17, 15) is 9.50 Å². The lowest BCUT2D eigenvalue weighted by molar-refractivity contribution is 0.208. The maximum absolute atomic E-state index is 13.5. The highest BCUT2D eigenvalue weighted by molar-refractivity contribution is 5.60. The summed E-state index contributed by atoms with van der Waals surface area (Å²) >= 11 is 0. The molecule has 1 N–H and O–H groups in total. The lowest BCUT2D eigenvalue weighted by atomic mass is 9.90. The number of hydrogen-bond donors (Lipinski definition) is 1. The second-order valence-corrected chi connectivity index (χ2v) is 8.98. The fraction of sp³-hybridized carbons (Fsp3) is 0.333. The average Bonchev–Trinajstić information content (AvgIpc) is 3.20. The van der Waals surface area contributed by atoms with Gasteiger partial charge in [-0.3, -0.25) is 0 Å². The van der Waals surface area contributed by atoms with Gasteiger partial charge in [0.1, 0.15) is 23.4 Å². The molecule has 0 spiro atoms. The van der Waals surface area contributed by atoms with Crippen LogP contribution in [0.15, 0.2) is 66.7 Å². The molecule has 1 saturated heterocycles. The third-order valence-electron chi connectivity index (χ3n) is 6.62. The topological polar surface area (TPSA) is 35.9 Å². The number of nitrogens with zero attached hydrogens (tertiary/aromatic N) is 2. The van der Waals surface area contributed by atoms with E-state index in [0.717, 1.165) is 61.5 Å². The van der Waals surface area contributed by atoms with E-state index in [1.54, 1.807) is 6.07 Å². The summed E-state index contributed by atoms with van der Waals surface area (Å²) in [6.45, 7) is 2.78. The van der Waals surface area contributed by atoms with Crippen molar-refractivity contribution >= 4 is 5.69 Å². The highest BCUT2D eigenvalue weighted by Gasteiger charge is 2.28. The van der Waals surface area contributed by atoms with Gasteiger partial charge < -0.3 is 19.6 Å². The number of likely N-dealkylation sites (N-methyl/N-ethyl adjacent to an activating group) is 1. The molecule has 166 valence electrons. The molecule has 0 bridgehead atoms. The van der Waals surface area contributed by atoms with E-state index < -0.39 is 0 Å². The van der Waals surface area contributed by atoms with Crippen molar-refractivity contribution in [2.24, 2.45) is 0 Å². The molecule has 0 aromatic heterocycles. The minimum Gasteiger partial charge on any atom is -0.508 e. The number of fused-ring (bicyclic) bond motifs is 1. The van der Waals surface area contributed by atoms with Crippen molar-refractivity contribution in [2.75, 3.05) is 25.0 Å². The summed E-state index contributed by atoms with van der Waals surface area (Å²) < 4.78 is 19.7. The molecule has 0 saturated carbocycles. The highest BCUT2D eigenvalue weighted by Crippen LogP contribution is 2.41. The number of aromatic hydroxyl groups is 1. The number of ether oxygens (including phenoxy) is 1. The van der Waals surface area contributed by atoms with Gasteiger partial charge >= 0.3 is 0 Å². The zero-order valence-electron chi connectivity index (χ0n) is 18.4. The first-order chi connectivity index (χ1) is 15.5. The van der Waals surface area contributed by atoms with E-state index in [4.69, 9.17) is 4.74 Å². The van der Waals surface area contributed by atoms with Crippen LogP contribution in [0.25, 0.3) is 0 Å². The van der Waals surface area contributed by atoms with Gasteiger partial charge in [0.25, 0.3) is 0 Å². The molecule has 0 aliphatic carbocycles. The van der Waals surface area contributed by atoms with E-state index in [1.165, 1.54) is 17.7 Å². The van der Waals surface area contributed by atoms with Crippen LogP contribution in [0, 0.1) is 5.82 Å². The number of anilines is 1. The summed E-state index contributed by atoms with van der Waals surface area (Å²) in [5, 5.41) is 9.96. The van der Waals surface area contributed by atoms with Gasteiger partial charge in [0.2, 0.25) is 0 Å². The number of hydrogen-bond acceptors (Lipinski definition) is 4. The predicted octanol–water partition coefficient (Wildman–Crippen LogP) is 5.31. The Bertz CT molecular complexity index is 1070. The maximum Gasteiger partial charge on any atom is 0.123 e. The van der Waals surface area contributed by atoms with Crippen LogP contribution < -0.4 is 9.64 Å². The van der Waals surface area contributed by atoms with Crippen molar-refractivity contribution in [3.63, 3.8) is 0 Å². The molecule has 0 radical (unpaired) electrons. The van der Waals surface area contributed by atoms with E-state index >= 15 is 0 Å². The molecule has 2 heterocycles. The second-order valence-electron chi connectivity index (χ2n) is 8.98. The minimum absolute atomic E-state index is 0.151. The van der Waals surface area contributed by atoms with Crippen LogP contribution in [0.4, 0.5) is 10.1 Å². The molecule has 4 nitrogen and oxygen atoms in total. The SMILES string of the molecule is CN1CCC(Oc2ccc(CN3c4ccc(O)cc4CCC3c3ccc(F)cc3)cc2)C1. The molecule has 2 atom stereocenters. The van der Waals surface area contributed by atoms with E-state index in [1.807, 2.05) is 24.3 Å². The van der Waals surface area contributed by atoms with Gasteiger partial charge in [0, 0.05) is 25.3 Å². The molecule has 32 heavy (non-hydrogen) atoms. The van der Waals surface area contributed by atoms with Crippen LogP contribution in [0.1, 0.15) is 35.6 Å². The largest absolute Gasteiger partial charge is 0.508 e. The normalized spacial score (nSPS) is 20.9. The molecule has 0 amide bonds. The first-order valence-corrected chi connectivity index (χ1v) is 11.3. The van der Waals surface area contributed by atoms with Gasteiger partial charge in [-0.2, -0.15) is 0 Å².